The van der Waals surface area contributed by atoms with E-state index in [9.17, 15) is 0 Å². The van der Waals surface area contributed by atoms with E-state index in [1.807, 2.05) is 0 Å². The molecule has 1 aromatic carbocycles. The number of nitrogens with zero attached hydrogens (tertiary/aromatic N) is 2. The lowest BCUT2D eigenvalue weighted by molar-refractivity contribution is 0.132. The van der Waals surface area contributed by atoms with Crippen molar-refractivity contribution in [3.8, 4) is 0 Å². The lowest BCUT2D eigenvalue weighted by atomic mass is 10.0. The summed E-state index contributed by atoms with van der Waals surface area (Å²) in [4.78, 5) is 5.25. The maximum Gasteiger partial charge on any atom is 0.101 e. The summed E-state index contributed by atoms with van der Waals surface area (Å²) in [5.74, 6) is 0. The van der Waals surface area contributed by atoms with Crippen molar-refractivity contribution in [2.45, 2.75) is 161 Å². The zero-order chi connectivity index (χ0) is 25.5. The second-order valence-electron chi connectivity index (χ2n) is 11.3. The molecule has 0 aromatic heterocycles. The summed E-state index contributed by atoms with van der Waals surface area (Å²) < 4.78 is 0. The Hall–Kier alpha value is -1.44. The first-order valence-electron chi connectivity index (χ1n) is 16.1. The fraction of sp³-hybridized carbons (Fsp3) is 0.765. The molecule has 1 aliphatic heterocycles. The molecule has 1 unspecified atom stereocenters. The van der Waals surface area contributed by atoms with Gasteiger partial charge >= 0.3 is 0 Å². The summed E-state index contributed by atoms with van der Waals surface area (Å²) in [7, 11) is 0. The minimum Gasteiger partial charge on any atom is -0.356 e. The largest absolute Gasteiger partial charge is 0.356 e. The fourth-order valence-corrected chi connectivity index (χ4v) is 5.66. The predicted octanol–water partition coefficient (Wildman–Crippen LogP) is 10.8. The van der Waals surface area contributed by atoms with Crippen molar-refractivity contribution in [1.29, 1.82) is 0 Å². The monoisotopic (exact) mass is 496 g/mol. The Morgan fingerprint density at radius 1 is 0.500 bits per heavy atom. The molecular formula is C34H60N2. The highest BCUT2D eigenvalue weighted by Crippen LogP contribution is 2.25. The standard InChI is InChI=1S/C34H60N2/c1-3-5-7-9-11-13-14-16-18-20-25-29-35-30-31-36(32-33-26-22-21-23-27-33)34(35)28-24-19-17-15-12-10-8-6-4-2/h21-23,26-27,30-31,34H,3-20,24-25,28-29,32H2,1-2H3. The van der Waals surface area contributed by atoms with Gasteiger partial charge in [0.05, 0.1) is 0 Å². The van der Waals surface area contributed by atoms with E-state index in [4.69, 9.17) is 0 Å². The molecule has 206 valence electrons. The number of hydrogen-bond acceptors (Lipinski definition) is 2. The van der Waals surface area contributed by atoms with E-state index >= 15 is 0 Å². The van der Waals surface area contributed by atoms with E-state index in [0.29, 0.717) is 6.17 Å². The van der Waals surface area contributed by atoms with Gasteiger partial charge in [0.15, 0.2) is 0 Å². The van der Waals surface area contributed by atoms with Crippen molar-refractivity contribution in [3.63, 3.8) is 0 Å². The van der Waals surface area contributed by atoms with Crippen LogP contribution in [0.2, 0.25) is 0 Å². The Kier molecular flexibility index (Phi) is 18.5. The van der Waals surface area contributed by atoms with Crippen LogP contribution in [0.25, 0.3) is 0 Å². The molecule has 1 aliphatic rings. The second kappa shape index (κ2) is 21.6. The lowest BCUT2D eigenvalue weighted by Crippen LogP contribution is -2.38. The normalized spacial score (nSPS) is 15.3. The molecule has 2 rings (SSSR count). The van der Waals surface area contributed by atoms with Crippen LogP contribution in [0, 0.1) is 0 Å². The zero-order valence-electron chi connectivity index (χ0n) is 24.3. The Balaban J connectivity index is 1.63. The highest BCUT2D eigenvalue weighted by atomic mass is 15.4. The van der Waals surface area contributed by atoms with Crippen molar-refractivity contribution >= 4 is 0 Å². The van der Waals surface area contributed by atoms with Crippen molar-refractivity contribution < 1.29 is 0 Å². The molecule has 0 bridgehead atoms. The van der Waals surface area contributed by atoms with E-state index < -0.39 is 0 Å². The van der Waals surface area contributed by atoms with Gasteiger partial charge in [0, 0.05) is 25.5 Å². The van der Waals surface area contributed by atoms with Crippen molar-refractivity contribution in [1.82, 2.24) is 9.80 Å². The maximum absolute atomic E-state index is 2.65. The van der Waals surface area contributed by atoms with Gasteiger partial charge < -0.3 is 9.80 Å². The SMILES string of the molecule is CCCCCCCCCCCCCN1C=CN(Cc2ccccc2)C1CCCCCCCCCCC. The quantitative estimate of drug-likeness (QED) is 0.131. The molecule has 0 amide bonds. The number of unbranched alkanes of at least 4 members (excludes halogenated alkanes) is 18. The molecule has 0 fully saturated rings. The molecule has 1 aromatic rings. The smallest absolute Gasteiger partial charge is 0.101 e. The highest BCUT2D eigenvalue weighted by Gasteiger charge is 2.25. The average Bonchev–Trinajstić information content (AvgIpc) is 3.27. The van der Waals surface area contributed by atoms with E-state index in [1.54, 1.807) is 0 Å². The fourth-order valence-electron chi connectivity index (χ4n) is 5.66. The predicted molar refractivity (Wildman–Crippen MR) is 160 cm³/mol. The van der Waals surface area contributed by atoms with Crippen LogP contribution in [-0.2, 0) is 6.54 Å². The summed E-state index contributed by atoms with van der Waals surface area (Å²) in [6, 6.07) is 11.0. The first kappa shape index (κ1) is 30.8. The third-order valence-electron chi connectivity index (χ3n) is 8.01. The Bertz CT molecular complexity index is 625. The van der Waals surface area contributed by atoms with Crippen molar-refractivity contribution in [2.75, 3.05) is 6.54 Å². The topological polar surface area (TPSA) is 6.48 Å². The Morgan fingerprint density at radius 3 is 1.47 bits per heavy atom. The van der Waals surface area contributed by atoms with Crippen LogP contribution in [0.3, 0.4) is 0 Å². The summed E-state index contributed by atoms with van der Waals surface area (Å²) in [6.07, 6.45) is 34.9. The first-order valence-corrected chi connectivity index (χ1v) is 16.1. The van der Waals surface area contributed by atoms with Crippen molar-refractivity contribution in [3.05, 3.63) is 48.3 Å². The average molecular weight is 497 g/mol. The Morgan fingerprint density at radius 2 is 0.944 bits per heavy atom. The van der Waals surface area contributed by atoms with Gasteiger partial charge in [0.25, 0.3) is 0 Å². The molecule has 0 spiro atoms. The van der Waals surface area contributed by atoms with Gasteiger partial charge in [-0.2, -0.15) is 0 Å². The molecule has 0 aliphatic carbocycles. The van der Waals surface area contributed by atoms with Gasteiger partial charge in [-0.3, -0.25) is 0 Å². The molecule has 0 N–H and O–H groups in total. The first-order chi connectivity index (χ1) is 17.8. The van der Waals surface area contributed by atoms with Crippen molar-refractivity contribution in [2.24, 2.45) is 0 Å². The van der Waals surface area contributed by atoms with Crippen LogP contribution in [0.4, 0.5) is 0 Å². The van der Waals surface area contributed by atoms with Gasteiger partial charge in [0.2, 0.25) is 0 Å². The molecule has 1 atom stereocenters. The van der Waals surface area contributed by atoms with Gasteiger partial charge in [-0.1, -0.05) is 160 Å². The minimum atomic E-state index is 0.554. The van der Waals surface area contributed by atoms with Gasteiger partial charge in [-0.25, -0.2) is 0 Å². The minimum absolute atomic E-state index is 0.554. The van der Waals surface area contributed by atoms with E-state index in [-0.39, 0.29) is 0 Å². The van der Waals surface area contributed by atoms with Gasteiger partial charge in [-0.15, -0.1) is 0 Å². The molecule has 0 saturated heterocycles. The van der Waals surface area contributed by atoms with E-state index in [1.165, 1.54) is 147 Å². The maximum atomic E-state index is 2.65. The summed E-state index contributed by atoms with van der Waals surface area (Å²) in [6.45, 7) is 6.87. The number of rotatable bonds is 24. The zero-order valence-corrected chi connectivity index (χ0v) is 24.3. The molecule has 2 nitrogen and oxygen atoms in total. The summed E-state index contributed by atoms with van der Waals surface area (Å²) in [5.41, 5.74) is 1.43. The summed E-state index contributed by atoms with van der Waals surface area (Å²) >= 11 is 0. The van der Waals surface area contributed by atoms with Crippen LogP contribution in [0.15, 0.2) is 42.7 Å². The van der Waals surface area contributed by atoms with E-state index in [0.717, 1.165) is 6.54 Å². The molecule has 36 heavy (non-hydrogen) atoms. The number of benzene rings is 1. The van der Waals surface area contributed by atoms with Crippen LogP contribution in [0.1, 0.15) is 154 Å². The van der Waals surface area contributed by atoms with Gasteiger partial charge in [-0.05, 0) is 24.8 Å². The second-order valence-corrected chi connectivity index (χ2v) is 11.3. The summed E-state index contributed by atoms with van der Waals surface area (Å²) in [5, 5.41) is 0. The molecule has 0 saturated carbocycles. The van der Waals surface area contributed by atoms with Gasteiger partial charge in [0.1, 0.15) is 6.17 Å². The van der Waals surface area contributed by atoms with E-state index in [2.05, 4.69) is 66.4 Å². The molecule has 1 heterocycles. The lowest BCUT2D eigenvalue weighted by Gasteiger charge is -2.33. The Labute approximate surface area is 225 Å². The third-order valence-corrected chi connectivity index (χ3v) is 8.01. The van der Waals surface area contributed by atoms with Crippen LogP contribution >= 0.6 is 0 Å². The third kappa shape index (κ3) is 14.3. The molecular weight excluding hydrogens is 436 g/mol. The van der Waals surface area contributed by atoms with Crippen LogP contribution in [-0.4, -0.2) is 22.5 Å². The molecule has 0 radical (unpaired) electrons. The molecule has 2 heteroatoms. The highest BCUT2D eigenvalue weighted by molar-refractivity contribution is 5.16. The van der Waals surface area contributed by atoms with Crippen LogP contribution in [0.5, 0.6) is 0 Å². The number of hydrogen-bond donors (Lipinski definition) is 0. The van der Waals surface area contributed by atoms with Crippen LogP contribution < -0.4 is 0 Å².